The van der Waals surface area contributed by atoms with Gasteiger partial charge in [-0.1, -0.05) is 46.3 Å². The number of aliphatic imine (C=N–C) groups is 1. The van der Waals surface area contributed by atoms with E-state index in [4.69, 9.17) is 23.9 Å². The highest BCUT2D eigenvalue weighted by molar-refractivity contribution is 9.10. The Morgan fingerprint density at radius 3 is 2.32 bits per heavy atom. The summed E-state index contributed by atoms with van der Waals surface area (Å²) < 4.78 is 24.5. The van der Waals surface area contributed by atoms with Crippen molar-refractivity contribution in [3.05, 3.63) is 106 Å². The molecule has 0 spiro atoms. The van der Waals surface area contributed by atoms with Gasteiger partial charge in [-0.3, -0.25) is 4.99 Å². The minimum absolute atomic E-state index is 0.0236. The maximum Gasteiger partial charge on any atom is 0.161 e. The fourth-order valence-corrected chi connectivity index (χ4v) is 7.06. The number of halogens is 1. The number of ether oxygens (including phenoxy) is 4. The van der Waals surface area contributed by atoms with Crippen molar-refractivity contribution in [1.29, 1.82) is 0 Å². The fourth-order valence-electron chi connectivity index (χ4n) is 5.14. The van der Waals surface area contributed by atoms with Gasteiger partial charge in [0.15, 0.2) is 11.5 Å². The van der Waals surface area contributed by atoms with Crippen LogP contribution in [0.2, 0.25) is 0 Å². The van der Waals surface area contributed by atoms with E-state index in [0.29, 0.717) is 11.5 Å². The van der Waals surface area contributed by atoms with E-state index < -0.39 is 0 Å². The number of hydrogen-bond acceptors (Lipinski definition) is 6. The minimum atomic E-state index is -0.266. The summed E-state index contributed by atoms with van der Waals surface area (Å²) in [7, 11) is 5.00. The maximum absolute atomic E-state index is 6.79. The second-order valence-electron chi connectivity index (χ2n) is 9.10. The molecule has 192 valence electrons. The van der Waals surface area contributed by atoms with Crippen LogP contribution in [0.4, 0.5) is 5.69 Å². The Labute approximate surface area is 234 Å². The topological polar surface area (TPSA) is 49.3 Å². The van der Waals surface area contributed by atoms with Crippen LogP contribution in [0.5, 0.6) is 23.0 Å². The molecule has 0 radical (unpaired) electrons. The average Bonchev–Trinajstić information content (AvgIpc) is 3.13. The molecule has 0 fully saturated rings. The third-order valence-corrected chi connectivity index (χ3v) is 8.88. The lowest BCUT2D eigenvalue weighted by molar-refractivity contribution is 0.156. The number of fused-ring (bicyclic) bond motifs is 4. The maximum atomic E-state index is 6.79. The Morgan fingerprint density at radius 1 is 0.789 bits per heavy atom. The molecule has 5 nitrogen and oxygen atoms in total. The van der Waals surface area contributed by atoms with Gasteiger partial charge < -0.3 is 18.9 Å². The van der Waals surface area contributed by atoms with Crippen LogP contribution in [0.15, 0.2) is 99.3 Å². The molecule has 0 saturated carbocycles. The average molecular weight is 589 g/mol. The molecular weight excluding hydrogens is 562 g/mol. The van der Waals surface area contributed by atoms with Crippen molar-refractivity contribution in [2.45, 2.75) is 16.2 Å². The highest BCUT2D eigenvalue weighted by Gasteiger charge is 2.44. The third-order valence-electron chi connectivity index (χ3n) is 6.98. The van der Waals surface area contributed by atoms with Crippen LogP contribution < -0.4 is 18.9 Å². The first kappa shape index (κ1) is 24.9. The molecule has 4 aromatic rings. The van der Waals surface area contributed by atoms with Gasteiger partial charge in [0.25, 0.3) is 0 Å². The number of rotatable bonds is 5. The molecule has 6 rings (SSSR count). The molecule has 0 bridgehead atoms. The molecule has 0 saturated heterocycles. The van der Waals surface area contributed by atoms with E-state index in [2.05, 4.69) is 58.4 Å². The highest BCUT2D eigenvalue weighted by atomic mass is 79.9. The lowest BCUT2D eigenvalue weighted by atomic mass is 9.80. The van der Waals surface area contributed by atoms with Crippen LogP contribution in [0.25, 0.3) is 0 Å². The van der Waals surface area contributed by atoms with Gasteiger partial charge in [0.2, 0.25) is 0 Å². The molecular formula is C31H26BrNO4S. The van der Waals surface area contributed by atoms with Crippen LogP contribution >= 0.6 is 27.7 Å². The monoisotopic (exact) mass is 587 g/mol. The molecule has 2 heterocycles. The zero-order valence-corrected chi connectivity index (χ0v) is 23.6. The van der Waals surface area contributed by atoms with Crippen molar-refractivity contribution < 1.29 is 18.9 Å². The smallest absolute Gasteiger partial charge is 0.161 e. The number of benzene rings is 4. The zero-order valence-electron chi connectivity index (χ0n) is 21.2. The molecule has 7 heteroatoms. The predicted molar refractivity (Wildman–Crippen MR) is 155 cm³/mol. The van der Waals surface area contributed by atoms with Gasteiger partial charge in [-0.15, -0.1) is 11.8 Å². The van der Waals surface area contributed by atoms with E-state index in [1.807, 2.05) is 42.5 Å². The van der Waals surface area contributed by atoms with Gasteiger partial charge in [0.05, 0.1) is 38.6 Å². The molecule has 38 heavy (non-hydrogen) atoms. The summed E-state index contributed by atoms with van der Waals surface area (Å²) in [6.07, 6.45) is -0.266. The van der Waals surface area contributed by atoms with E-state index in [1.54, 1.807) is 33.1 Å². The Balaban J connectivity index is 1.59. The summed E-state index contributed by atoms with van der Waals surface area (Å²) in [6, 6.07) is 28.7. The Bertz CT molecular complexity index is 1520. The van der Waals surface area contributed by atoms with E-state index in [9.17, 15) is 0 Å². The molecule has 0 aliphatic carbocycles. The van der Waals surface area contributed by atoms with Crippen LogP contribution in [0, 0.1) is 5.92 Å². The first-order valence-electron chi connectivity index (χ1n) is 12.3. The van der Waals surface area contributed by atoms with E-state index in [-0.39, 0.29) is 17.3 Å². The van der Waals surface area contributed by atoms with Crippen molar-refractivity contribution in [1.82, 2.24) is 0 Å². The largest absolute Gasteiger partial charge is 0.497 e. The molecule has 4 aromatic carbocycles. The summed E-state index contributed by atoms with van der Waals surface area (Å²) in [5.74, 6) is 2.94. The quantitative estimate of drug-likeness (QED) is 0.235. The van der Waals surface area contributed by atoms with Gasteiger partial charge in [-0.25, -0.2) is 0 Å². The lowest BCUT2D eigenvalue weighted by Gasteiger charge is -2.38. The van der Waals surface area contributed by atoms with Gasteiger partial charge in [0.1, 0.15) is 17.6 Å². The van der Waals surface area contributed by atoms with Gasteiger partial charge in [0, 0.05) is 20.2 Å². The minimum Gasteiger partial charge on any atom is -0.497 e. The summed E-state index contributed by atoms with van der Waals surface area (Å²) in [5.41, 5.74) is 5.16. The predicted octanol–water partition coefficient (Wildman–Crippen LogP) is 8.19. The Morgan fingerprint density at radius 2 is 1.55 bits per heavy atom. The first-order chi connectivity index (χ1) is 18.6. The zero-order chi connectivity index (χ0) is 26.2. The Hall–Kier alpha value is -3.42. The van der Waals surface area contributed by atoms with Crippen LogP contribution in [0.1, 0.15) is 28.0 Å². The second kappa shape index (κ2) is 10.4. The van der Waals surface area contributed by atoms with Crippen molar-refractivity contribution in [2.75, 3.05) is 21.3 Å². The third kappa shape index (κ3) is 4.44. The number of para-hydroxylation sites is 1. The summed E-state index contributed by atoms with van der Waals surface area (Å²) in [5, 5.41) is -0.0236. The van der Waals surface area contributed by atoms with E-state index in [1.165, 1.54) is 0 Å². The summed E-state index contributed by atoms with van der Waals surface area (Å²) >= 11 is 5.46. The second-order valence-corrected chi connectivity index (χ2v) is 11.2. The van der Waals surface area contributed by atoms with Crippen LogP contribution in [-0.4, -0.2) is 27.0 Å². The van der Waals surface area contributed by atoms with Gasteiger partial charge in [-0.05, 0) is 65.7 Å². The van der Waals surface area contributed by atoms with Crippen molar-refractivity contribution in [3.8, 4) is 23.0 Å². The standard InChI is InChI=1S/C31H26BrNO4S/c1-34-21-12-8-18(9-13-21)30-28-29(22-6-4-5-7-24(22)37-30)33-23-14-11-20(32)17-27(23)38-31(28)19-10-15-25(35-2)26(16-19)36-3/h4-17,28,30-31H,1-3H3. The number of hydrogen-bond donors (Lipinski definition) is 0. The van der Waals surface area contributed by atoms with E-state index in [0.717, 1.165) is 49.0 Å². The lowest BCUT2D eigenvalue weighted by Crippen LogP contribution is -2.35. The summed E-state index contributed by atoms with van der Waals surface area (Å²) in [4.78, 5) is 6.42. The molecule has 0 N–H and O–H groups in total. The number of methoxy groups -OCH3 is 3. The highest BCUT2D eigenvalue weighted by Crippen LogP contribution is 2.56. The van der Waals surface area contributed by atoms with Crippen molar-refractivity contribution in [2.24, 2.45) is 10.9 Å². The normalized spacial score (nSPS) is 19.6. The fraction of sp³-hybridized carbons (Fsp3) is 0.194. The molecule has 0 amide bonds. The molecule has 2 aliphatic heterocycles. The first-order valence-corrected chi connectivity index (χ1v) is 13.9. The van der Waals surface area contributed by atoms with Gasteiger partial charge >= 0.3 is 0 Å². The van der Waals surface area contributed by atoms with Gasteiger partial charge in [-0.2, -0.15) is 0 Å². The molecule has 2 aliphatic rings. The van der Waals surface area contributed by atoms with Crippen LogP contribution in [0.3, 0.4) is 0 Å². The molecule has 0 aromatic heterocycles. The summed E-state index contributed by atoms with van der Waals surface area (Å²) in [6.45, 7) is 0. The molecule has 3 unspecified atom stereocenters. The molecule has 3 atom stereocenters. The van der Waals surface area contributed by atoms with Crippen LogP contribution in [-0.2, 0) is 0 Å². The Kier molecular flexibility index (Phi) is 6.80. The van der Waals surface area contributed by atoms with E-state index >= 15 is 0 Å². The SMILES string of the molecule is COc1ccc(C2Oc3ccccc3C3=Nc4ccc(Br)cc4SC(c4ccc(OC)c(OC)c4)C32)cc1. The number of thioether (sulfide) groups is 1. The van der Waals surface area contributed by atoms with Crippen molar-refractivity contribution in [3.63, 3.8) is 0 Å². The van der Waals surface area contributed by atoms with Crippen molar-refractivity contribution >= 4 is 39.1 Å². The number of nitrogens with zero attached hydrogens (tertiary/aromatic N) is 1.